The zero-order chi connectivity index (χ0) is 14.5. The smallest absolute Gasteiger partial charge is 0.194 e. The van der Waals surface area contributed by atoms with E-state index in [4.69, 9.17) is 9.26 Å². The van der Waals surface area contributed by atoms with Crippen LogP contribution in [0.5, 0.6) is 0 Å². The van der Waals surface area contributed by atoms with Crippen molar-refractivity contribution in [2.75, 3.05) is 46.4 Å². The Kier molecular flexibility index (Phi) is 4.72. The molecule has 0 aromatic carbocycles. The van der Waals surface area contributed by atoms with Crippen molar-refractivity contribution < 1.29 is 9.26 Å². The topological polar surface area (TPSA) is 66.1 Å². The molecule has 1 unspecified atom stereocenters. The van der Waals surface area contributed by atoms with Crippen LogP contribution in [-0.2, 0) is 11.3 Å². The summed E-state index contributed by atoms with van der Waals surface area (Å²) >= 11 is 0. The number of nitrogens with zero attached hydrogens (tertiary/aromatic N) is 4. The number of hydrogen-bond acceptors (Lipinski definition) is 5. The van der Waals surface area contributed by atoms with E-state index in [0.717, 1.165) is 51.0 Å². The van der Waals surface area contributed by atoms with E-state index in [9.17, 15) is 0 Å². The molecule has 0 aliphatic carbocycles. The molecule has 0 amide bonds. The Morgan fingerprint density at radius 2 is 2.29 bits per heavy atom. The molecule has 3 rings (SSSR count). The fourth-order valence-electron chi connectivity index (χ4n) is 3.01. The van der Waals surface area contributed by atoms with E-state index in [2.05, 4.69) is 25.3 Å². The van der Waals surface area contributed by atoms with Gasteiger partial charge in [-0.3, -0.25) is 9.89 Å². The third-order valence-electron chi connectivity index (χ3n) is 4.16. The zero-order valence-electron chi connectivity index (χ0n) is 12.5. The Bertz CT molecular complexity index is 456. The van der Waals surface area contributed by atoms with Gasteiger partial charge in [0, 0.05) is 45.3 Å². The van der Waals surface area contributed by atoms with Gasteiger partial charge in [-0.25, -0.2) is 0 Å². The number of rotatable bonds is 3. The number of aromatic nitrogens is 1. The van der Waals surface area contributed by atoms with E-state index >= 15 is 0 Å². The lowest BCUT2D eigenvalue weighted by molar-refractivity contribution is 0.0195. The summed E-state index contributed by atoms with van der Waals surface area (Å²) in [4.78, 5) is 9.23. The molecule has 0 bridgehead atoms. The molecular formula is C14H23N5O2. The zero-order valence-corrected chi connectivity index (χ0v) is 12.5. The van der Waals surface area contributed by atoms with Crippen molar-refractivity contribution >= 4 is 5.96 Å². The van der Waals surface area contributed by atoms with Crippen LogP contribution in [0.15, 0.2) is 21.8 Å². The summed E-state index contributed by atoms with van der Waals surface area (Å²) in [6.45, 7) is 6.51. The number of morpholine rings is 1. The second kappa shape index (κ2) is 6.91. The van der Waals surface area contributed by atoms with Crippen LogP contribution in [0.2, 0.25) is 0 Å². The predicted octanol–water partition coefficient (Wildman–Crippen LogP) is 0.157. The molecule has 21 heavy (non-hydrogen) atoms. The lowest BCUT2D eigenvalue weighted by Crippen LogP contribution is -2.46. The predicted molar refractivity (Wildman–Crippen MR) is 79.1 cm³/mol. The summed E-state index contributed by atoms with van der Waals surface area (Å²) in [6.07, 6.45) is 2.77. The Labute approximate surface area is 124 Å². The van der Waals surface area contributed by atoms with Gasteiger partial charge >= 0.3 is 0 Å². The van der Waals surface area contributed by atoms with Crippen LogP contribution in [0.1, 0.15) is 12.1 Å². The highest BCUT2D eigenvalue weighted by Crippen LogP contribution is 2.17. The minimum atomic E-state index is 0.611. The van der Waals surface area contributed by atoms with Gasteiger partial charge in [-0.2, -0.15) is 0 Å². The van der Waals surface area contributed by atoms with Crippen LogP contribution in [0.3, 0.4) is 0 Å². The Balaban J connectivity index is 1.51. The van der Waals surface area contributed by atoms with Crippen LogP contribution < -0.4 is 5.32 Å². The maximum Gasteiger partial charge on any atom is 0.194 e. The molecule has 1 atom stereocenters. The van der Waals surface area contributed by atoms with Gasteiger partial charge in [-0.15, -0.1) is 0 Å². The van der Waals surface area contributed by atoms with Crippen molar-refractivity contribution in [1.82, 2.24) is 20.3 Å². The van der Waals surface area contributed by atoms with E-state index in [0.29, 0.717) is 12.6 Å². The lowest BCUT2D eigenvalue weighted by atomic mass is 10.2. The largest absolute Gasteiger partial charge is 0.379 e. The molecule has 2 fully saturated rings. The number of guanidine groups is 1. The number of likely N-dealkylation sites (tertiary alicyclic amines) is 1. The highest BCUT2D eigenvalue weighted by molar-refractivity contribution is 5.80. The van der Waals surface area contributed by atoms with Crippen molar-refractivity contribution in [3.05, 3.63) is 18.0 Å². The van der Waals surface area contributed by atoms with E-state index < -0.39 is 0 Å². The highest BCUT2D eigenvalue weighted by Gasteiger charge is 2.30. The fourth-order valence-corrected chi connectivity index (χ4v) is 3.01. The van der Waals surface area contributed by atoms with E-state index in [-0.39, 0.29) is 0 Å². The first-order chi connectivity index (χ1) is 10.4. The van der Waals surface area contributed by atoms with Gasteiger partial charge in [0.05, 0.1) is 19.8 Å². The third kappa shape index (κ3) is 3.54. The lowest BCUT2D eigenvalue weighted by Gasteiger charge is -2.32. The van der Waals surface area contributed by atoms with Gasteiger partial charge < -0.3 is 19.5 Å². The molecule has 0 radical (unpaired) electrons. The van der Waals surface area contributed by atoms with Crippen molar-refractivity contribution in [2.24, 2.45) is 4.99 Å². The van der Waals surface area contributed by atoms with E-state index in [1.165, 1.54) is 6.42 Å². The Morgan fingerprint density at radius 3 is 3.00 bits per heavy atom. The average molecular weight is 293 g/mol. The van der Waals surface area contributed by atoms with Crippen LogP contribution in [0, 0.1) is 0 Å². The van der Waals surface area contributed by atoms with Crippen LogP contribution in [0.4, 0.5) is 0 Å². The van der Waals surface area contributed by atoms with E-state index in [1.54, 1.807) is 6.26 Å². The van der Waals surface area contributed by atoms with Gasteiger partial charge in [0.25, 0.3) is 0 Å². The summed E-state index contributed by atoms with van der Waals surface area (Å²) in [7, 11) is 1.83. The molecule has 0 saturated carbocycles. The molecular weight excluding hydrogens is 270 g/mol. The standard InChI is InChI=1S/C14H23N5O2/c1-15-14(16-10-12-3-7-21-17-12)19-4-2-13(11-19)18-5-8-20-9-6-18/h3,7,13H,2,4-6,8-11H2,1H3,(H,15,16). The van der Waals surface area contributed by atoms with Crippen molar-refractivity contribution in [3.63, 3.8) is 0 Å². The van der Waals surface area contributed by atoms with Crippen molar-refractivity contribution in [2.45, 2.75) is 19.0 Å². The molecule has 7 nitrogen and oxygen atoms in total. The molecule has 2 saturated heterocycles. The van der Waals surface area contributed by atoms with Gasteiger partial charge in [0.1, 0.15) is 12.0 Å². The second-order valence-corrected chi connectivity index (χ2v) is 5.43. The molecule has 1 N–H and O–H groups in total. The van der Waals surface area contributed by atoms with E-state index in [1.807, 2.05) is 13.1 Å². The molecule has 2 aliphatic heterocycles. The molecule has 2 aliphatic rings. The van der Waals surface area contributed by atoms with Gasteiger partial charge in [-0.05, 0) is 6.42 Å². The summed E-state index contributed by atoms with van der Waals surface area (Å²) in [5.74, 6) is 0.939. The van der Waals surface area contributed by atoms with Gasteiger partial charge in [-0.1, -0.05) is 5.16 Å². The molecule has 1 aromatic heterocycles. The molecule has 3 heterocycles. The summed E-state index contributed by atoms with van der Waals surface area (Å²) in [6, 6.07) is 2.47. The summed E-state index contributed by atoms with van der Waals surface area (Å²) < 4.78 is 10.3. The normalized spacial score (nSPS) is 24.5. The fraction of sp³-hybridized carbons (Fsp3) is 0.714. The van der Waals surface area contributed by atoms with Crippen LogP contribution in [-0.4, -0.2) is 73.4 Å². The molecule has 0 spiro atoms. The second-order valence-electron chi connectivity index (χ2n) is 5.43. The number of hydrogen-bond donors (Lipinski definition) is 1. The first-order valence-electron chi connectivity index (χ1n) is 7.53. The average Bonchev–Trinajstić information content (AvgIpc) is 3.20. The number of nitrogens with one attached hydrogen (secondary N) is 1. The minimum absolute atomic E-state index is 0.611. The van der Waals surface area contributed by atoms with Crippen LogP contribution in [0.25, 0.3) is 0 Å². The first-order valence-corrected chi connectivity index (χ1v) is 7.53. The van der Waals surface area contributed by atoms with Gasteiger partial charge in [0.2, 0.25) is 0 Å². The van der Waals surface area contributed by atoms with Crippen molar-refractivity contribution in [1.29, 1.82) is 0 Å². The highest BCUT2D eigenvalue weighted by atomic mass is 16.5. The van der Waals surface area contributed by atoms with Crippen LogP contribution >= 0.6 is 0 Å². The first kappa shape index (κ1) is 14.3. The molecule has 116 valence electrons. The maximum atomic E-state index is 5.43. The third-order valence-corrected chi connectivity index (χ3v) is 4.16. The Hall–Kier alpha value is -1.60. The molecule has 7 heteroatoms. The maximum absolute atomic E-state index is 5.43. The minimum Gasteiger partial charge on any atom is -0.379 e. The number of aliphatic imine (C=N–C) groups is 1. The monoisotopic (exact) mass is 293 g/mol. The Morgan fingerprint density at radius 1 is 1.43 bits per heavy atom. The SMILES string of the molecule is CN=C(NCc1ccon1)N1CCC(N2CCOCC2)C1. The van der Waals surface area contributed by atoms with Crippen molar-refractivity contribution in [3.8, 4) is 0 Å². The number of ether oxygens (including phenoxy) is 1. The summed E-state index contributed by atoms with van der Waals surface area (Å²) in [5.41, 5.74) is 0.889. The van der Waals surface area contributed by atoms with Gasteiger partial charge in [0.15, 0.2) is 5.96 Å². The summed E-state index contributed by atoms with van der Waals surface area (Å²) in [5, 5.41) is 7.25. The quantitative estimate of drug-likeness (QED) is 0.632. The molecule has 1 aromatic rings.